The van der Waals surface area contributed by atoms with Crippen LogP contribution in [0, 0.1) is 5.92 Å². The van der Waals surface area contributed by atoms with Crippen LogP contribution in [-0.4, -0.2) is 42.0 Å². The lowest BCUT2D eigenvalue weighted by Crippen LogP contribution is -2.26. The number of nitrogens with two attached hydrogens (primary N) is 1. The van der Waals surface area contributed by atoms with Crippen molar-refractivity contribution < 1.29 is 26.3 Å². The number of benzene rings is 2. The Morgan fingerprint density at radius 1 is 1.19 bits per heavy atom. The fourth-order valence-electron chi connectivity index (χ4n) is 3.35. The van der Waals surface area contributed by atoms with Crippen LogP contribution < -0.4 is 15.2 Å². The number of anilines is 1. The maximum absolute atomic E-state index is 12.0. The number of nitrogens with one attached hydrogen (secondary N) is 1. The van der Waals surface area contributed by atoms with Gasteiger partial charge in [-0.25, -0.2) is 22.0 Å². The van der Waals surface area contributed by atoms with Gasteiger partial charge in [-0.3, -0.25) is 0 Å². The molecule has 2 aromatic carbocycles. The molecule has 11 heteroatoms. The van der Waals surface area contributed by atoms with E-state index in [9.17, 15) is 16.8 Å². The van der Waals surface area contributed by atoms with Gasteiger partial charge in [-0.1, -0.05) is 34.1 Å². The number of para-hydroxylation sites is 1. The average molecular weight is 533 g/mol. The van der Waals surface area contributed by atoms with Crippen LogP contribution in [0.15, 0.2) is 51.8 Å². The van der Waals surface area contributed by atoms with Gasteiger partial charge in [0.15, 0.2) is 10.7 Å². The van der Waals surface area contributed by atoms with E-state index in [2.05, 4.69) is 21.2 Å². The average Bonchev–Trinajstić information content (AvgIpc) is 2.73. The van der Waals surface area contributed by atoms with Gasteiger partial charge in [0.25, 0.3) is 0 Å². The highest BCUT2D eigenvalue weighted by Crippen LogP contribution is 2.28. The molecule has 0 amide bonds. The molecular formula is C20H25BrN2O6S2. The van der Waals surface area contributed by atoms with Crippen LogP contribution in [0.3, 0.4) is 0 Å². The summed E-state index contributed by atoms with van der Waals surface area (Å²) in [4.78, 5) is -0.163. The molecule has 170 valence electrons. The molecule has 31 heavy (non-hydrogen) atoms. The summed E-state index contributed by atoms with van der Waals surface area (Å²) < 4.78 is 59.9. The Balaban J connectivity index is 1.80. The minimum atomic E-state index is -4.01. The van der Waals surface area contributed by atoms with Crippen LogP contribution in [0.1, 0.15) is 18.4 Å². The van der Waals surface area contributed by atoms with Crippen molar-refractivity contribution in [1.29, 1.82) is 0 Å². The van der Waals surface area contributed by atoms with Crippen molar-refractivity contribution in [1.82, 2.24) is 0 Å². The summed E-state index contributed by atoms with van der Waals surface area (Å²) in [6, 6.07) is 11.3. The lowest BCUT2D eigenvalue weighted by Gasteiger charge is -2.23. The second-order valence-electron chi connectivity index (χ2n) is 7.31. The quantitative estimate of drug-likeness (QED) is 0.423. The van der Waals surface area contributed by atoms with Crippen molar-refractivity contribution in [3.63, 3.8) is 0 Å². The smallest absolute Gasteiger partial charge is 0.240 e. The zero-order chi connectivity index (χ0) is 22.4. The second-order valence-corrected chi connectivity index (χ2v) is 10.9. The summed E-state index contributed by atoms with van der Waals surface area (Å²) in [6.45, 7) is 1.94. The Morgan fingerprint density at radius 2 is 1.90 bits per heavy atom. The first-order valence-electron chi connectivity index (χ1n) is 9.75. The van der Waals surface area contributed by atoms with Gasteiger partial charge in [0, 0.05) is 24.1 Å². The number of sulfonamides is 1. The molecular weight excluding hydrogens is 508 g/mol. The van der Waals surface area contributed by atoms with E-state index in [1.54, 1.807) is 12.1 Å². The van der Waals surface area contributed by atoms with E-state index < -0.39 is 26.1 Å². The van der Waals surface area contributed by atoms with E-state index in [4.69, 9.17) is 14.6 Å². The molecule has 1 saturated heterocycles. The first-order valence-corrected chi connectivity index (χ1v) is 13.3. The molecule has 0 radical (unpaired) electrons. The lowest BCUT2D eigenvalue weighted by atomic mass is 10.0. The fourth-order valence-corrected chi connectivity index (χ4v) is 4.98. The van der Waals surface area contributed by atoms with Crippen LogP contribution in [0.4, 0.5) is 5.69 Å². The molecule has 2 aromatic rings. The predicted octanol–water partition coefficient (Wildman–Crippen LogP) is 2.49. The Hall–Kier alpha value is -1.66. The molecule has 3 N–H and O–H groups in total. The van der Waals surface area contributed by atoms with E-state index in [1.165, 1.54) is 18.2 Å². The Morgan fingerprint density at radius 3 is 2.58 bits per heavy atom. The molecule has 1 atom stereocenters. The van der Waals surface area contributed by atoms with Crippen molar-refractivity contribution in [2.45, 2.75) is 29.5 Å². The van der Waals surface area contributed by atoms with Gasteiger partial charge in [0.05, 0.1) is 12.3 Å². The Bertz CT molecular complexity index is 1080. The zero-order valence-electron chi connectivity index (χ0n) is 16.7. The SMILES string of the molecule is NS(=O)(=O)c1ccccc1NC(Cc1ccc(Br)cc1OCC1CCOCC1)[SH](=O)=O. The number of ether oxygens (including phenoxy) is 2. The monoisotopic (exact) mass is 532 g/mol. The molecule has 8 nitrogen and oxygen atoms in total. The third-order valence-corrected chi connectivity index (χ3v) is 7.31. The molecule has 1 fully saturated rings. The summed E-state index contributed by atoms with van der Waals surface area (Å²) in [5.74, 6) is 0.969. The fraction of sp³-hybridized carbons (Fsp3) is 0.400. The third kappa shape index (κ3) is 6.91. The van der Waals surface area contributed by atoms with Crippen LogP contribution in [-0.2, 0) is 31.9 Å². The van der Waals surface area contributed by atoms with Gasteiger partial charge >= 0.3 is 0 Å². The first kappa shape index (κ1) is 24.0. The molecule has 3 rings (SSSR count). The van der Waals surface area contributed by atoms with Gasteiger partial charge in [-0.05, 0) is 48.6 Å². The van der Waals surface area contributed by atoms with E-state index in [0.717, 1.165) is 17.3 Å². The van der Waals surface area contributed by atoms with E-state index in [1.807, 2.05) is 12.1 Å². The minimum Gasteiger partial charge on any atom is -0.493 e. The normalized spacial score (nSPS) is 16.2. The Kier molecular flexibility index (Phi) is 8.34. The van der Waals surface area contributed by atoms with Gasteiger partial charge in [0.1, 0.15) is 16.0 Å². The molecule has 0 aromatic heterocycles. The van der Waals surface area contributed by atoms with Gasteiger partial charge in [0.2, 0.25) is 10.0 Å². The summed E-state index contributed by atoms with van der Waals surface area (Å²) in [5, 5.41) is 7.02. The van der Waals surface area contributed by atoms with Crippen LogP contribution in [0.5, 0.6) is 5.75 Å². The molecule has 1 heterocycles. The van der Waals surface area contributed by atoms with Gasteiger partial charge in [-0.2, -0.15) is 0 Å². The summed E-state index contributed by atoms with van der Waals surface area (Å²) in [7, 11) is -6.94. The zero-order valence-corrected chi connectivity index (χ0v) is 20.0. The van der Waals surface area contributed by atoms with Crippen LogP contribution in [0.2, 0.25) is 0 Å². The molecule has 0 saturated carbocycles. The van der Waals surface area contributed by atoms with Crippen molar-refractivity contribution in [3.05, 3.63) is 52.5 Å². The highest BCUT2D eigenvalue weighted by molar-refractivity contribution is 9.10. The molecule has 0 aliphatic carbocycles. The first-order chi connectivity index (χ1) is 14.7. The number of hydrogen-bond donors (Lipinski definition) is 3. The van der Waals surface area contributed by atoms with Crippen molar-refractivity contribution in [2.24, 2.45) is 11.1 Å². The lowest BCUT2D eigenvalue weighted by molar-refractivity contribution is 0.0496. The van der Waals surface area contributed by atoms with Crippen LogP contribution in [0.25, 0.3) is 0 Å². The predicted molar refractivity (Wildman–Crippen MR) is 122 cm³/mol. The molecule has 1 aliphatic rings. The van der Waals surface area contributed by atoms with E-state index in [-0.39, 0.29) is 17.0 Å². The standard InChI is InChI=1S/C20H25BrN2O6S2/c21-16-6-5-15(18(12-16)29-13-14-7-9-28-10-8-14)11-20(30(24)25)23-17-3-1-2-4-19(17)31(22,26)27/h1-6,12,14,20,23,30H,7-11,13H2,(H2,22,26,27). The van der Waals surface area contributed by atoms with Gasteiger partial charge in [-0.15, -0.1) is 0 Å². The summed E-state index contributed by atoms with van der Waals surface area (Å²) in [5.41, 5.74) is 0.830. The van der Waals surface area contributed by atoms with Crippen molar-refractivity contribution in [3.8, 4) is 5.75 Å². The van der Waals surface area contributed by atoms with E-state index >= 15 is 0 Å². The number of hydrogen-bond acceptors (Lipinski definition) is 7. The number of halogens is 1. The molecule has 1 aliphatic heterocycles. The highest BCUT2D eigenvalue weighted by atomic mass is 79.9. The minimum absolute atomic E-state index is 0.0913. The Labute approximate surface area is 192 Å². The number of primary sulfonamides is 1. The second kappa shape index (κ2) is 10.8. The van der Waals surface area contributed by atoms with Gasteiger partial charge < -0.3 is 14.8 Å². The molecule has 0 spiro atoms. The highest BCUT2D eigenvalue weighted by Gasteiger charge is 2.21. The number of rotatable bonds is 9. The maximum Gasteiger partial charge on any atom is 0.240 e. The maximum atomic E-state index is 12.0. The largest absolute Gasteiger partial charge is 0.493 e. The summed E-state index contributed by atoms with van der Waals surface area (Å²) >= 11 is 3.43. The third-order valence-electron chi connectivity index (χ3n) is 5.03. The van der Waals surface area contributed by atoms with Crippen LogP contribution >= 0.6 is 15.9 Å². The molecule has 0 bridgehead atoms. The number of thiol groups is 1. The van der Waals surface area contributed by atoms with Crippen molar-refractivity contribution >= 4 is 42.3 Å². The van der Waals surface area contributed by atoms with E-state index in [0.29, 0.717) is 37.1 Å². The topological polar surface area (TPSA) is 125 Å². The summed E-state index contributed by atoms with van der Waals surface area (Å²) in [6.07, 6.45) is 1.93. The molecule has 1 unspecified atom stereocenters. The van der Waals surface area contributed by atoms with Crippen molar-refractivity contribution in [2.75, 3.05) is 25.1 Å².